The largest absolute Gasteiger partial charge is 0.396 e. The lowest BCUT2D eigenvalue weighted by atomic mass is 9.94. The van der Waals surface area contributed by atoms with Crippen molar-refractivity contribution in [1.82, 2.24) is 9.03 Å². The highest BCUT2D eigenvalue weighted by Crippen LogP contribution is 2.21. The summed E-state index contributed by atoms with van der Waals surface area (Å²) in [6.07, 6.45) is 1.80. The Bertz CT molecular complexity index is 325. The van der Waals surface area contributed by atoms with Crippen LogP contribution in [-0.4, -0.2) is 56.8 Å². The van der Waals surface area contributed by atoms with Crippen molar-refractivity contribution in [2.24, 2.45) is 0 Å². The predicted molar refractivity (Wildman–Crippen MR) is 64.8 cm³/mol. The molecule has 102 valence electrons. The Morgan fingerprint density at radius 3 is 2.53 bits per heavy atom. The molecule has 0 amide bonds. The Morgan fingerprint density at radius 1 is 1.41 bits per heavy atom. The van der Waals surface area contributed by atoms with E-state index in [2.05, 4.69) is 4.72 Å². The van der Waals surface area contributed by atoms with Crippen molar-refractivity contribution in [1.29, 1.82) is 0 Å². The zero-order chi connectivity index (χ0) is 12.9. The minimum absolute atomic E-state index is 0.00896. The van der Waals surface area contributed by atoms with Gasteiger partial charge in [0.15, 0.2) is 0 Å². The van der Waals surface area contributed by atoms with Crippen molar-refractivity contribution >= 4 is 10.2 Å². The van der Waals surface area contributed by atoms with E-state index in [1.165, 1.54) is 11.4 Å². The van der Waals surface area contributed by atoms with Gasteiger partial charge in [0.1, 0.15) is 0 Å². The molecule has 1 saturated heterocycles. The summed E-state index contributed by atoms with van der Waals surface area (Å²) in [6, 6.07) is 0. The van der Waals surface area contributed by atoms with Crippen LogP contribution in [0, 0.1) is 0 Å². The first kappa shape index (κ1) is 14.8. The third-order valence-electron chi connectivity index (χ3n) is 3.01. The van der Waals surface area contributed by atoms with Crippen LogP contribution >= 0.6 is 0 Å². The number of aliphatic hydroxyl groups is 1. The monoisotopic (exact) mass is 266 g/mol. The molecule has 0 bridgehead atoms. The Morgan fingerprint density at radius 2 is 2.00 bits per heavy atom. The number of hydrogen-bond acceptors (Lipinski definition) is 4. The number of nitrogens with zero attached hydrogens (tertiary/aromatic N) is 1. The van der Waals surface area contributed by atoms with E-state index in [0.29, 0.717) is 39.0 Å². The topological polar surface area (TPSA) is 78.9 Å². The van der Waals surface area contributed by atoms with Crippen molar-refractivity contribution in [3.05, 3.63) is 0 Å². The maximum absolute atomic E-state index is 12.0. The Hall–Kier alpha value is -0.210. The van der Waals surface area contributed by atoms with Crippen LogP contribution in [0.25, 0.3) is 0 Å². The average Bonchev–Trinajstić information content (AvgIpc) is 2.25. The van der Waals surface area contributed by atoms with Gasteiger partial charge in [0.25, 0.3) is 10.2 Å². The summed E-state index contributed by atoms with van der Waals surface area (Å²) >= 11 is 0. The van der Waals surface area contributed by atoms with E-state index in [0.717, 1.165) is 0 Å². The smallest absolute Gasteiger partial charge is 0.279 e. The summed E-state index contributed by atoms with van der Waals surface area (Å²) in [5.41, 5.74) is -0.426. The SMILES string of the molecule is CN(CCCO)S(=O)(=O)NC1(C)CCOCC1. The molecule has 0 aromatic rings. The van der Waals surface area contributed by atoms with Gasteiger partial charge < -0.3 is 9.84 Å². The van der Waals surface area contributed by atoms with Crippen LogP contribution in [0.3, 0.4) is 0 Å². The maximum Gasteiger partial charge on any atom is 0.279 e. The molecule has 1 fully saturated rings. The second-order valence-corrected chi connectivity index (χ2v) is 6.46. The van der Waals surface area contributed by atoms with E-state index in [1.807, 2.05) is 6.92 Å². The van der Waals surface area contributed by atoms with E-state index in [1.54, 1.807) is 0 Å². The van der Waals surface area contributed by atoms with E-state index < -0.39 is 15.7 Å². The first-order valence-electron chi connectivity index (χ1n) is 5.83. The fourth-order valence-electron chi connectivity index (χ4n) is 1.73. The highest BCUT2D eigenvalue weighted by Gasteiger charge is 2.33. The molecule has 1 aliphatic rings. The highest BCUT2D eigenvalue weighted by molar-refractivity contribution is 7.87. The molecule has 0 radical (unpaired) electrons. The molecule has 0 atom stereocenters. The van der Waals surface area contributed by atoms with Crippen molar-refractivity contribution < 1.29 is 18.3 Å². The van der Waals surface area contributed by atoms with Crippen molar-refractivity contribution in [3.63, 3.8) is 0 Å². The van der Waals surface area contributed by atoms with Crippen LogP contribution in [0.4, 0.5) is 0 Å². The molecule has 0 spiro atoms. The fourth-order valence-corrected chi connectivity index (χ4v) is 3.08. The lowest BCUT2D eigenvalue weighted by molar-refractivity contribution is 0.0532. The summed E-state index contributed by atoms with van der Waals surface area (Å²) in [5.74, 6) is 0. The molecule has 0 aromatic heterocycles. The van der Waals surface area contributed by atoms with Crippen molar-refractivity contribution in [3.8, 4) is 0 Å². The van der Waals surface area contributed by atoms with Gasteiger partial charge in [-0.1, -0.05) is 0 Å². The minimum atomic E-state index is -3.47. The van der Waals surface area contributed by atoms with Gasteiger partial charge in [-0.15, -0.1) is 0 Å². The second kappa shape index (κ2) is 6.10. The van der Waals surface area contributed by atoms with Crippen LogP contribution in [0.2, 0.25) is 0 Å². The standard InChI is InChI=1S/C10H22N2O4S/c1-10(4-8-16-9-5-10)11-17(14,15)12(2)6-3-7-13/h11,13H,3-9H2,1-2H3. The van der Waals surface area contributed by atoms with Crippen LogP contribution in [0.5, 0.6) is 0 Å². The molecule has 1 rings (SSSR count). The molecule has 1 aliphatic heterocycles. The number of aliphatic hydroxyl groups excluding tert-OH is 1. The molecular weight excluding hydrogens is 244 g/mol. The highest BCUT2D eigenvalue weighted by atomic mass is 32.2. The molecule has 6 nitrogen and oxygen atoms in total. The number of nitrogens with one attached hydrogen (secondary N) is 1. The van der Waals surface area contributed by atoms with E-state index >= 15 is 0 Å². The first-order valence-corrected chi connectivity index (χ1v) is 7.27. The predicted octanol–water partition coefficient (Wildman–Crippen LogP) is -0.296. The quantitative estimate of drug-likeness (QED) is 0.692. The average molecular weight is 266 g/mol. The maximum atomic E-state index is 12.0. The molecule has 1 heterocycles. The number of hydrogen-bond donors (Lipinski definition) is 2. The Labute approximate surface area is 103 Å². The zero-order valence-electron chi connectivity index (χ0n) is 10.5. The van der Waals surface area contributed by atoms with E-state index in [4.69, 9.17) is 9.84 Å². The van der Waals surface area contributed by atoms with Gasteiger partial charge in [-0.3, -0.25) is 0 Å². The second-order valence-electron chi connectivity index (χ2n) is 4.68. The van der Waals surface area contributed by atoms with Gasteiger partial charge in [0, 0.05) is 39.0 Å². The summed E-state index contributed by atoms with van der Waals surface area (Å²) < 4.78 is 33.2. The van der Waals surface area contributed by atoms with Crippen molar-refractivity contribution in [2.75, 3.05) is 33.4 Å². The van der Waals surface area contributed by atoms with Gasteiger partial charge in [-0.2, -0.15) is 17.4 Å². The zero-order valence-corrected chi connectivity index (χ0v) is 11.3. The molecule has 0 aromatic carbocycles. The molecular formula is C10H22N2O4S. The van der Waals surface area contributed by atoms with Crippen LogP contribution in [0.15, 0.2) is 0 Å². The summed E-state index contributed by atoms with van der Waals surface area (Å²) in [7, 11) is -1.96. The molecule has 0 unspecified atom stereocenters. The number of ether oxygens (including phenoxy) is 1. The Balaban J connectivity index is 2.58. The summed E-state index contributed by atoms with van der Waals surface area (Å²) in [4.78, 5) is 0. The van der Waals surface area contributed by atoms with E-state index in [9.17, 15) is 8.42 Å². The van der Waals surface area contributed by atoms with Gasteiger partial charge in [-0.05, 0) is 26.2 Å². The van der Waals surface area contributed by atoms with Crippen LogP contribution < -0.4 is 4.72 Å². The summed E-state index contributed by atoms with van der Waals surface area (Å²) in [5, 5.41) is 8.69. The molecule has 0 aliphatic carbocycles. The third kappa shape index (κ3) is 4.51. The van der Waals surface area contributed by atoms with Crippen molar-refractivity contribution in [2.45, 2.75) is 31.7 Å². The molecule has 17 heavy (non-hydrogen) atoms. The van der Waals surface area contributed by atoms with Gasteiger partial charge in [0.2, 0.25) is 0 Å². The van der Waals surface area contributed by atoms with Gasteiger partial charge >= 0.3 is 0 Å². The molecule has 0 saturated carbocycles. The normalized spacial score (nSPS) is 20.7. The van der Waals surface area contributed by atoms with Crippen LogP contribution in [0.1, 0.15) is 26.2 Å². The lowest BCUT2D eigenvalue weighted by Gasteiger charge is -2.35. The fraction of sp³-hybridized carbons (Fsp3) is 1.00. The van der Waals surface area contributed by atoms with E-state index in [-0.39, 0.29) is 6.61 Å². The van der Waals surface area contributed by atoms with Crippen LogP contribution in [-0.2, 0) is 14.9 Å². The van der Waals surface area contributed by atoms with Gasteiger partial charge in [0.05, 0.1) is 0 Å². The Kier molecular flexibility index (Phi) is 5.33. The molecule has 7 heteroatoms. The first-order chi connectivity index (χ1) is 7.90. The summed E-state index contributed by atoms with van der Waals surface area (Å²) in [6.45, 7) is 3.37. The third-order valence-corrected chi connectivity index (χ3v) is 4.77. The molecule has 2 N–H and O–H groups in total. The number of rotatable bonds is 6. The lowest BCUT2D eigenvalue weighted by Crippen LogP contribution is -2.53. The minimum Gasteiger partial charge on any atom is -0.396 e. The van der Waals surface area contributed by atoms with Gasteiger partial charge in [-0.25, -0.2) is 0 Å².